The number of nitrogens with two attached hydrogens (primary N) is 1. The molecule has 25 heavy (non-hydrogen) atoms. The summed E-state index contributed by atoms with van der Waals surface area (Å²) in [4.78, 5) is 25.8. The fourth-order valence-corrected chi connectivity index (χ4v) is 3.94. The maximum atomic E-state index is 13.2. The number of Topliss-reactive ketones (excluding diaryl/α,β-unsaturated/α-hetero) is 1. The lowest BCUT2D eigenvalue weighted by Gasteiger charge is -2.26. The van der Waals surface area contributed by atoms with E-state index in [1.165, 1.54) is 4.57 Å². The molecule has 2 atom stereocenters. The van der Waals surface area contributed by atoms with E-state index in [0.717, 1.165) is 25.7 Å². The number of halogens is 1. The van der Waals surface area contributed by atoms with Crippen molar-refractivity contribution in [3.63, 3.8) is 0 Å². The first-order valence-electron chi connectivity index (χ1n) is 8.74. The third kappa shape index (κ3) is 3.25. The Hall–Kier alpha value is -2.01. The van der Waals surface area contributed by atoms with Gasteiger partial charge in [0.2, 0.25) is 0 Å². The Labute approximate surface area is 152 Å². The molecular weight excluding hydrogens is 340 g/mol. The van der Waals surface area contributed by atoms with Crippen molar-refractivity contribution in [1.82, 2.24) is 4.57 Å². The van der Waals surface area contributed by atoms with E-state index in [0.29, 0.717) is 27.5 Å². The molecule has 6 heteroatoms. The van der Waals surface area contributed by atoms with Gasteiger partial charge in [-0.1, -0.05) is 31.4 Å². The lowest BCUT2D eigenvalue weighted by molar-refractivity contribution is 0.0856. The topological polar surface area (TPSA) is 74.3 Å². The fraction of sp³-hybridized carbons (Fsp3) is 0.474. The van der Waals surface area contributed by atoms with Crippen LogP contribution in [0.15, 0.2) is 18.2 Å². The van der Waals surface area contributed by atoms with E-state index in [1.807, 2.05) is 0 Å². The van der Waals surface area contributed by atoms with Crippen molar-refractivity contribution >= 4 is 40.1 Å². The van der Waals surface area contributed by atoms with Gasteiger partial charge in [0.05, 0.1) is 17.8 Å². The van der Waals surface area contributed by atoms with Crippen LogP contribution in [0.3, 0.4) is 0 Å². The lowest BCUT2D eigenvalue weighted by atomic mass is 9.79. The number of fused-ring (bicyclic) bond motifs is 1. The van der Waals surface area contributed by atoms with Gasteiger partial charge in [-0.3, -0.25) is 4.79 Å². The van der Waals surface area contributed by atoms with Crippen LogP contribution >= 0.6 is 11.6 Å². The number of nitrogens with zero attached hydrogens (tertiary/aromatic N) is 1. The standard InChI is InChI=1S/C19H23ClN2O3/c1-3-25-19(24)22-15-10-13(20)7-8-14(15)16(21)17(22)18(23)12-6-4-5-11(2)9-12/h7-8,10-12H,3-6,9,21H2,1-2H3. The van der Waals surface area contributed by atoms with E-state index in [4.69, 9.17) is 22.1 Å². The van der Waals surface area contributed by atoms with E-state index < -0.39 is 6.09 Å². The van der Waals surface area contributed by atoms with Gasteiger partial charge in [0.1, 0.15) is 5.69 Å². The molecule has 5 nitrogen and oxygen atoms in total. The summed E-state index contributed by atoms with van der Waals surface area (Å²) in [7, 11) is 0. The van der Waals surface area contributed by atoms with E-state index in [2.05, 4.69) is 6.92 Å². The minimum atomic E-state index is -0.598. The maximum absolute atomic E-state index is 13.2. The van der Waals surface area contributed by atoms with Crippen LogP contribution < -0.4 is 5.73 Å². The highest BCUT2D eigenvalue weighted by Gasteiger charge is 2.32. The van der Waals surface area contributed by atoms with Crippen molar-refractivity contribution < 1.29 is 14.3 Å². The van der Waals surface area contributed by atoms with E-state index >= 15 is 0 Å². The highest BCUT2D eigenvalue weighted by atomic mass is 35.5. The van der Waals surface area contributed by atoms with Crippen molar-refractivity contribution in [2.45, 2.75) is 39.5 Å². The highest BCUT2D eigenvalue weighted by Crippen LogP contribution is 2.36. The number of rotatable bonds is 3. The third-order valence-corrected chi connectivity index (χ3v) is 5.20. The Bertz CT molecular complexity index is 828. The second-order valence-electron chi connectivity index (χ2n) is 6.79. The van der Waals surface area contributed by atoms with Gasteiger partial charge < -0.3 is 10.5 Å². The molecule has 0 bridgehead atoms. The van der Waals surface area contributed by atoms with Crippen molar-refractivity contribution in [2.75, 3.05) is 12.3 Å². The number of hydrogen-bond acceptors (Lipinski definition) is 4. The minimum absolute atomic E-state index is 0.0792. The van der Waals surface area contributed by atoms with Gasteiger partial charge in [0.15, 0.2) is 5.78 Å². The van der Waals surface area contributed by atoms with Crippen molar-refractivity contribution in [3.8, 4) is 0 Å². The quantitative estimate of drug-likeness (QED) is 0.789. The second-order valence-corrected chi connectivity index (χ2v) is 7.23. The largest absolute Gasteiger partial charge is 0.449 e. The monoisotopic (exact) mass is 362 g/mol. The average molecular weight is 363 g/mol. The van der Waals surface area contributed by atoms with Gasteiger partial charge in [0.25, 0.3) is 0 Å². The summed E-state index contributed by atoms with van der Waals surface area (Å²) in [5.74, 6) is 0.308. The lowest BCUT2D eigenvalue weighted by Crippen LogP contribution is -2.27. The molecule has 3 rings (SSSR count). The number of aromatic nitrogens is 1. The van der Waals surface area contributed by atoms with Crippen molar-refractivity contribution in [1.29, 1.82) is 0 Å². The predicted octanol–water partition coefficient (Wildman–Crippen LogP) is 4.89. The molecule has 1 aliphatic carbocycles. The molecule has 0 radical (unpaired) electrons. The zero-order valence-corrected chi connectivity index (χ0v) is 15.3. The Kier molecular flexibility index (Phi) is 5.04. The zero-order chi connectivity index (χ0) is 18.1. The number of nitrogen functional groups attached to an aromatic ring is 1. The first kappa shape index (κ1) is 17.8. The highest BCUT2D eigenvalue weighted by molar-refractivity contribution is 6.31. The first-order valence-corrected chi connectivity index (χ1v) is 9.12. The van der Waals surface area contributed by atoms with Crippen LogP contribution in [-0.2, 0) is 4.74 Å². The SMILES string of the molecule is CCOC(=O)n1c(C(=O)C2CCCC(C)C2)c(N)c2ccc(Cl)cc21. The zero-order valence-electron chi connectivity index (χ0n) is 14.5. The summed E-state index contributed by atoms with van der Waals surface area (Å²) in [6, 6.07) is 5.08. The molecule has 1 fully saturated rings. The van der Waals surface area contributed by atoms with Crippen LogP contribution in [0.5, 0.6) is 0 Å². The van der Waals surface area contributed by atoms with Gasteiger partial charge >= 0.3 is 6.09 Å². The average Bonchev–Trinajstić information content (AvgIpc) is 2.86. The van der Waals surface area contributed by atoms with Crippen LogP contribution in [0.25, 0.3) is 10.9 Å². The summed E-state index contributed by atoms with van der Waals surface area (Å²) in [5.41, 5.74) is 7.34. The molecule has 2 unspecified atom stereocenters. The van der Waals surface area contributed by atoms with Crippen molar-refractivity contribution in [3.05, 3.63) is 28.9 Å². The number of ether oxygens (including phenoxy) is 1. The molecule has 2 aromatic rings. The molecular formula is C19H23ClN2O3. The smallest absolute Gasteiger partial charge is 0.419 e. The van der Waals surface area contributed by atoms with E-state index in [-0.39, 0.29) is 24.0 Å². The molecule has 1 heterocycles. The van der Waals surface area contributed by atoms with Gasteiger partial charge in [0, 0.05) is 16.3 Å². The molecule has 0 spiro atoms. The van der Waals surface area contributed by atoms with Crippen LogP contribution in [0.1, 0.15) is 50.0 Å². The van der Waals surface area contributed by atoms with Crippen LogP contribution in [-0.4, -0.2) is 23.1 Å². The molecule has 1 aliphatic rings. The Morgan fingerprint density at radius 2 is 2.12 bits per heavy atom. The molecule has 0 aliphatic heterocycles. The summed E-state index contributed by atoms with van der Waals surface area (Å²) in [6.45, 7) is 4.10. The van der Waals surface area contributed by atoms with Crippen LogP contribution in [0.4, 0.5) is 10.5 Å². The number of hydrogen-bond donors (Lipinski definition) is 1. The molecule has 1 saturated carbocycles. The number of anilines is 1. The summed E-state index contributed by atoms with van der Waals surface area (Å²) in [6.07, 6.45) is 3.20. The summed E-state index contributed by atoms with van der Waals surface area (Å²) in [5, 5.41) is 1.12. The molecule has 1 aromatic carbocycles. The van der Waals surface area contributed by atoms with E-state index in [9.17, 15) is 9.59 Å². The molecule has 134 valence electrons. The van der Waals surface area contributed by atoms with Gasteiger partial charge in [-0.05, 0) is 43.9 Å². The van der Waals surface area contributed by atoms with E-state index in [1.54, 1.807) is 25.1 Å². The number of ketones is 1. The molecule has 2 N–H and O–H groups in total. The third-order valence-electron chi connectivity index (χ3n) is 4.96. The Morgan fingerprint density at radius 1 is 1.36 bits per heavy atom. The Morgan fingerprint density at radius 3 is 2.80 bits per heavy atom. The number of carbonyl (C=O) groups excluding carboxylic acids is 2. The summed E-state index contributed by atoms with van der Waals surface area (Å²) >= 11 is 6.09. The van der Waals surface area contributed by atoms with Crippen LogP contribution in [0.2, 0.25) is 5.02 Å². The second kappa shape index (κ2) is 7.08. The first-order chi connectivity index (χ1) is 11.9. The summed E-state index contributed by atoms with van der Waals surface area (Å²) < 4.78 is 6.46. The number of carbonyl (C=O) groups is 2. The van der Waals surface area contributed by atoms with Gasteiger partial charge in [-0.15, -0.1) is 0 Å². The van der Waals surface area contributed by atoms with Crippen LogP contribution in [0, 0.1) is 11.8 Å². The fourth-order valence-electron chi connectivity index (χ4n) is 3.77. The molecule has 0 saturated heterocycles. The molecule has 1 aromatic heterocycles. The van der Waals surface area contributed by atoms with Gasteiger partial charge in [-0.25, -0.2) is 9.36 Å². The maximum Gasteiger partial charge on any atom is 0.419 e. The van der Waals surface area contributed by atoms with Crippen molar-refractivity contribution in [2.24, 2.45) is 11.8 Å². The number of benzene rings is 1. The molecule has 0 amide bonds. The predicted molar refractivity (Wildman–Crippen MR) is 99.2 cm³/mol. The normalized spacial score (nSPS) is 20.6. The van der Waals surface area contributed by atoms with Gasteiger partial charge in [-0.2, -0.15) is 0 Å². The minimum Gasteiger partial charge on any atom is -0.449 e. The Balaban J connectivity index is 2.15.